The minimum absolute atomic E-state index is 0.0251. The molecule has 0 radical (unpaired) electrons. The first kappa shape index (κ1) is 14.1. The highest BCUT2D eigenvalue weighted by Crippen LogP contribution is 2.76. The van der Waals surface area contributed by atoms with Gasteiger partial charge < -0.3 is 10.4 Å². The van der Waals surface area contributed by atoms with E-state index >= 15 is 0 Å². The molecule has 2 saturated carbocycles. The van der Waals surface area contributed by atoms with Crippen molar-refractivity contribution in [2.75, 3.05) is 5.32 Å². The van der Waals surface area contributed by atoms with Crippen LogP contribution in [0.5, 0.6) is 0 Å². The van der Waals surface area contributed by atoms with Crippen molar-refractivity contribution in [3.63, 3.8) is 0 Å². The molecule has 1 aromatic carbocycles. The molecule has 6 heteroatoms. The van der Waals surface area contributed by atoms with Crippen LogP contribution in [0.2, 0.25) is 10.0 Å². The van der Waals surface area contributed by atoms with E-state index in [2.05, 4.69) is 11.4 Å². The number of hydrogen-bond donors (Lipinski definition) is 2. The molecule has 2 N–H and O–H groups in total. The van der Waals surface area contributed by atoms with Crippen LogP contribution in [0.25, 0.3) is 0 Å². The summed E-state index contributed by atoms with van der Waals surface area (Å²) in [6.07, 6.45) is 4.94. The molecule has 0 aliphatic heterocycles. The second kappa shape index (κ2) is 4.49. The summed E-state index contributed by atoms with van der Waals surface area (Å²) in [7, 11) is 0. The Morgan fingerprint density at radius 3 is 2.59 bits per heavy atom. The Morgan fingerprint density at radius 1 is 1.23 bits per heavy atom. The molecule has 3 aliphatic carbocycles. The van der Waals surface area contributed by atoms with Gasteiger partial charge >= 0.3 is 5.97 Å². The van der Waals surface area contributed by atoms with Gasteiger partial charge in [0, 0.05) is 5.69 Å². The van der Waals surface area contributed by atoms with Crippen molar-refractivity contribution in [1.82, 2.24) is 0 Å². The molecule has 4 nitrogen and oxygen atoms in total. The van der Waals surface area contributed by atoms with Gasteiger partial charge in [0.15, 0.2) is 0 Å². The minimum atomic E-state index is -0.882. The highest BCUT2D eigenvalue weighted by Gasteiger charge is 2.75. The molecule has 3 aliphatic rings. The van der Waals surface area contributed by atoms with E-state index in [0.29, 0.717) is 15.7 Å². The molecule has 4 rings (SSSR count). The predicted octanol–water partition coefficient (Wildman–Crippen LogP) is 3.45. The maximum Gasteiger partial charge on any atom is 0.307 e. The number of benzene rings is 1. The normalized spacial score (nSPS) is 37.0. The number of rotatable bonds is 3. The van der Waals surface area contributed by atoms with E-state index in [9.17, 15) is 14.7 Å². The minimum Gasteiger partial charge on any atom is -0.481 e. The van der Waals surface area contributed by atoms with Crippen LogP contribution in [0.1, 0.15) is 6.42 Å². The topological polar surface area (TPSA) is 66.4 Å². The molecular formula is C16H13Cl2NO3. The first-order valence-corrected chi connectivity index (χ1v) is 7.88. The summed E-state index contributed by atoms with van der Waals surface area (Å²) in [5, 5.41) is 13.0. The van der Waals surface area contributed by atoms with Crippen LogP contribution < -0.4 is 5.32 Å². The summed E-state index contributed by atoms with van der Waals surface area (Å²) in [4.78, 5) is 24.2. The molecule has 1 spiro atoms. The van der Waals surface area contributed by atoms with Gasteiger partial charge in [-0.1, -0.05) is 35.4 Å². The van der Waals surface area contributed by atoms with Gasteiger partial charge in [-0.2, -0.15) is 0 Å². The van der Waals surface area contributed by atoms with E-state index in [-0.39, 0.29) is 23.2 Å². The standard InChI is InChI=1S/C16H13Cl2NO3/c17-10-2-1-7(5-11(10)18)19-14(20)12-8-3-4-16(8)6-9(16)13(12)15(21)22/h1-5,8-9,12-13H,6H2,(H,19,20)(H,21,22). The number of aliphatic carboxylic acids is 1. The fourth-order valence-corrected chi connectivity index (χ4v) is 4.49. The van der Waals surface area contributed by atoms with E-state index in [0.717, 1.165) is 6.42 Å². The zero-order chi connectivity index (χ0) is 15.6. The SMILES string of the molecule is O=C(Nc1ccc(Cl)c(Cl)c1)C1C(C(=O)O)C2CC23C=CC13. The largest absolute Gasteiger partial charge is 0.481 e. The van der Waals surface area contributed by atoms with E-state index in [4.69, 9.17) is 23.2 Å². The van der Waals surface area contributed by atoms with Crippen molar-refractivity contribution in [1.29, 1.82) is 0 Å². The van der Waals surface area contributed by atoms with Crippen molar-refractivity contribution in [3.8, 4) is 0 Å². The molecule has 1 aromatic rings. The summed E-state index contributed by atoms with van der Waals surface area (Å²) in [6.45, 7) is 0. The number of carbonyl (C=O) groups is 2. The van der Waals surface area contributed by atoms with Crippen LogP contribution >= 0.6 is 23.2 Å². The van der Waals surface area contributed by atoms with Crippen LogP contribution in [-0.2, 0) is 9.59 Å². The zero-order valence-corrected chi connectivity index (χ0v) is 12.9. The number of carboxylic acids is 1. The third kappa shape index (κ3) is 1.77. The number of allylic oxidation sites excluding steroid dienone is 2. The van der Waals surface area contributed by atoms with Crippen molar-refractivity contribution >= 4 is 40.8 Å². The van der Waals surface area contributed by atoms with Gasteiger partial charge in [0.05, 0.1) is 21.9 Å². The zero-order valence-electron chi connectivity index (χ0n) is 11.4. The second-order valence-electron chi connectivity index (χ2n) is 6.32. The van der Waals surface area contributed by atoms with Gasteiger partial charge in [-0.3, -0.25) is 9.59 Å². The quantitative estimate of drug-likeness (QED) is 0.830. The number of anilines is 1. The number of hydrogen-bond acceptors (Lipinski definition) is 2. The van der Waals surface area contributed by atoms with Gasteiger partial charge in [-0.15, -0.1) is 0 Å². The Balaban J connectivity index is 1.58. The maximum atomic E-state index is 12.6. The van der Waals surface area contributed by atoms with Crippen molar-refractivity contribution in [2.45, 2.75) is 6.42 Å². The molecule has 1 amide bonds. The third-order valence-corrected chi connectivity index (χ3v) is 6.06. The van der Waals surface area contributed by atoms with Gasteiger partial charge in [0.1, 0.15) is 0 Å². The fraction of sp³-hybridized carbons (Fsp3) is 0.375. The van der Waals surface area contributed by atoms with E-state index in [1.165, 1.54) is 0 Å². The molecule has 5 atom stereocenters. The number of nitrogens with one attached hydrogen (secondary N) is 1. The van der Waals surface area contributed by atoms with E-state index in [1.807, 2.05) is 6.08 Å². The molecule has 0 heterocycles. The summed E-state index contributed by atoms with van der Waals surface area (Å²) >= 11 is 11.8. The maximum absolute atomic E-state index is 12.6. The molecule has 5 unspecified atom stereocenters. The Labute approximate surface area is 137 Å². The number of halogens is 2. The average Bonchev–Trinajstić information content (AvgIpc) is 3.14. The molecule has 2 fully saturated rings. The van der Waals surface area contributed by atoms with E-state index < -0.39 is 17.8 Å². The Hall–Kier alpha value is -1.52. The highest BCUT2D eigenvalue weighted by molar-refractivity contribution is 6.42. The summed E-state index contributed by atoms with van der Waals surface area (Å²) < 4.78 is 0. The molecular weight excluding hydrogens is 325 g/mol. The number of carboxylic acid groups (broad SMARTS) is 1. The second-order valence-corrected chi connectivity index (χ2v) is 7.13. The van der Waals surface area contributed by atoms with Crippen molar-refractivity contribution < 1.29 is 14.7 Å². The molecule has 22 heavy (non-hydrogen) atoms. The van der Waals surface area contributed by atoms with Crippen LogP contribution in [0.3, 0.4) is 0 Å². The monoisotopic (exact) mass is 337 g/mol. The lowest BCUT2D eigenvalue weighted by atomic mass is 9.73. The smallest absolute Gasteiger partial charge is 0.307 e. The lowest BCUT2D eigenvalue weighted by molar-refractivity contribution is -0.146. The third-order valence-electron chi connectivity index (χ3n) is 5.32. The van der Waals surface area contributed by atoms with Gasteiger partial charge in [0.2, 0.25) is 5.91 Å². The van der Waals surface area contributed by atoms with Crippen molar-refractivity contribution in [3.05, 3.63) is 40.4 Å². The fourth-order valence-electron chi connectivity index (χ4n) is 4.19. The van der Waals surface area contributed by atoms with Crippen LogP contribution in [0, 0.1) is 29.1 Å². The van der Waals surface area contributed by atoms with Crippen LogP contribution in [-0.4, -0.2) is 17.0 Å². The molecule has 114 valence electrons. The lowest BCUT2D eigenvalue weighted by Crippen LogP contribution is -2.38. The van der Waals surface area contributed by atoms with Gasteiger partial charge in [-0.25, -0.2) is 0 Å². The summed E-state index contributed by atoms with van der Waals surface area (Å²) in [5.41, 5.74) is 0.504. The van der Waals surface area contributed by atoms with Gasteiger partial charge in [0.25, 0.3) is 0 Å². The number of amides is 1. The van der Waals surface area contributed by atoms with Crippen molar-refractivity contribution in [2.24, 2.45) is 29.1 Å². The highest BCUT2D eigenvalue weighted by atomic mass is 35.5. The number of carbonyl (C=O) groups excluding carboxylic acids is 1. The van der Waals surface area contributed by atoms with E-state index in [1.54, 1.807) is 18.2 Å². The van der Waals surface area contributed by atoms with Gasteiger partial charge in [-0.05, 0) is 41.9 Å². The van der Waals surface area contributed by atoms with Crippen LogP contribution in [0.15, 0.2) is 30.4 Å². The Bertz CT molecular complexity index is 732. The first-order valence-electron chi connectivity index (χ1n) is 7.12. The first-order chi connectivity index (χ1) is 10.4. The average molecular weight is 338 g/mol. The van der Waals surface area contributed by atoms with Crippen LogP contribution in [0.4, 0.5) is 5.69 Å². The molecule has 0 saturated heterocycles. The predicted molar refractivity (Wildman–Crippen MR) is 82.9 cm³/mol. The Morgan fingerprint density at radius 2 is 2.00 bits per heavy atom. The lowest BCUT2D eigenvalue weighted by Gasteiger charge is -2.31. The molecule has 0 aromatic heterocycles. The summed E-state index contributed by atoms with van der Waals surface area (Å²) in [5.74, 6) is -2.12. The molecule has 0 bridgehead atoms. The summed E-state index contributed by atoms with van der Waals surface area (Å²) in [6, 6.07) is 4.83. The Kier molecular flexibility index (Phi) is 2.88.